The van der Waals surface area contributed by atoms with E-state index in [1.165, 1.54) is 0 Å². The number of hydrogen-bond donors (Lipinski definition) is 2. The van der Waals surface area contributed by atoms with Crippen molar-refractivity contribution >= 4 is 12.9 Å². The molecule has 134 valence electrons. The minimum Gasteiger partial charge on any atom is -0.449 e. The van der Waals surface area contributed by atoms with E-state index < -0.39 is 31.3 Å². The molecule has 0 saturated carbocycles. The number of halogens is 3. The van der Waals surface area contributed by atoms with Gasteiger partial charge in [0.15, 0.2) is 0 Å². The van der Waals surface area contributed by atoms with E-state index in [0.29, 0.717) is 5.56 Å². The molecule has 0 heterocycles. The Labute approximate surface area is 194 Å². The first-order valence-corrected chi connectivity index (χ1v) is 8.17. The molecule has 0 radical (unpaired) electrons. The summed E-state index contributed by atoms with van der Waals surface area (Å²) in [6.45, 7) is -5.53. The van der Waals surface area contributed by atoms with Gasteiger partial charge in [0.05, 0.1) is 6.04 Å². The Kier molecular flexibility index (Phi) is 10.1. The Bertz CT molecular complexity index is 671. The van der Waals surface area contributed by atoms with E-state index in [0.717, 1.165) is 5.56 Å². The van der Waals surface area contributed by atoms with Crippen molar-refractivity contribution in [3.8, 4) is 0 Å². The monoisotopic (exact) mass is 388 g/mol. The van der Waals surface area contributed by atoms with Crippen molar-refractivity contribution in [2.75, 3.05) is 6.54 Å². The molecule has 0 fully saturated rings. The van der Waals surface area contributed by atoms with E-state index >= 15 is 0 Å². The fraction of sp³-hybridized carbons (Fsp3) is 0.278. The quantitative estimate of drug-likeness (QED) is 0.633. The van der Waals surface area contributed by atoms with Gasteiger partial charge in [0.2, 0.25) is 5.91 Å². The molecule has 0 bridgehead atoms. The van der Waals surface area contributed by atoms with Gasteiger partial charge in [-0.3, -0.25) is 4.79 Å². The van der Waals surface area contributed by atoms with Crippen molar-refractivity contribution in [1.29, 1.82) is 0 Å². The van der Waals surface area contributed by atoms with Gasteiger partial charge >= 0.3 is 58.4 Å². The first kappa shape index (κ1) is 23.4. The molecule has 0 unspecified atom stereocenters. The maximum atomic E-state index is 13.3. The maximum absolute atomic E-state index is 13.3. The van der Waals surface area contributed by atoms with Gasteiger partial charge in [-0.2, -0.15) is 0 Å². The number of nitrogens with two attached hydrogens (primary N) is 1. The molecule has 2 aromatic rings. The molecular formula is C18H21BF3KN2O. The van der Waals surface area contributed by atoms with Crippen LogP contribution in [-0.4, -0.2) is 25.5 Å². The second kappa shape index (κ2) is 11.3. The Morgan fingerprint density at radius 3 is 1.85 bits per heavy atom. The number of hydrogen-bond acceptors (Lipinski definition) is 2. The van der Waals surface area contributed by atoms with Crippen molar-refractivity contribution in [3.63, 3.8) is 0 Å². The van der Waals surface area contributed by atoms with E-state index in [1.54, 1.807) is 30.3 Å². The van der Waals surface area contributed by atoms with Crippen LogP contribution in [0.5, 0.6) is 0 Å². The fourth-order valence-corrected chi connectivity index (χ4v) is 2.58. The summed E-state index contributed by atoms with van der Waals surface area (Å²) in [5, 5.41) is 2.36. The van der Waals surface area contributed by atoms with Gasteiger partial charge in [0.25, 0.3) is 0 Å². The van der Waals surface area contributed by atoms with Crippen LogP contribution in [0.2, 0.25) is 5.82 Å². The van der Waals surface area contributed by atoms with Crippen molar-refractivity contribution in [2.24, 2.45) is 5.73 Å². The summed E-state index contributed by atoms with van der Waals surface area (Å²) in [7, 11) is 0. The third-order valence-electron chi connectivity index (χ3n) is 4.05. The number of nitrogens with one attached hydrogen (secondary N) is 1. The van der Waals surface area contributed by atoms with Crippen LogP contribution in [0.25, 0.3) is 0 Å². The number of rotatable bonds is 8. The van der Waals surface area contributed by atoms with Crippen LogP contribution in [-0.2, 0) is 17.6 Å². The van der Waals surface area contributed by atoms with Gasteiger partial charge in [0, 0.05) is 0 Å². The van der Waals surface area contributed by atoms with Crippen LogP contribution in [0, 0.1) is 0 Å². The molecule has 0 aliphatic rings. The Hall–Kier alpha value is -0.639. The first-order chi connectivity index (χ1) is 11.9. The second-order valence-corrected chi connectivity index (χ2v) is 6.12. The summed E-state index contributed by atoms with van der Waals surface area (Å²) in [5.74, 6) is -2.16. The van der Waals surface area contributed by atoms with E-state index in [2.05, 4.69) is 5.32 Å². The van der Waals surface area contributed by atoms with Gasteiger partial charge < -0.3 is 24.0 Å². The second-order valence-electron chi connectivity index (χ2n) is 6.12. The summed E-state index contributed by atoms with van der Waals surface area (Å²) in [6, 6.07) is 16.7. The van der Waals surface area contributed by atoms with Crippen LogP contribution < -0.4 is 62.4 Å². The predicted molar refractivity (Wildman–Crippen MR) is 94.1 cm³/mol. The summed E-state index contributed by atoms with van der Waals surface area (Å²) in [4.78, 5) is 12.0. The van der Waals surface area contributed by atoms with Crippen LogP contribution >= 0.6 is 0 Å². The average Bonchev–Trinajstić information content (AvgIpc) is 2.59. The van der Waals surface area contributed by atoms with Gasteiger partial charge in [0.1, 0.15) is 0 Å². The zero-order chi connectivity index (χ0) is 18.3. The third-order valence-corrected chi connectivity index (χ3v) is 4.05. The standard InChI is InChI=1S/C18H21BF3N2O.K/c20-19(21,22)16(11-14-7-3-1-4-8-14)13-24-18(25)17(23)12-15-9-5-2-6-10-15;/h1-10,16-17H,11-13,23H2,(H,24,25);/q-1;+1/t16-,17+;/m1./s1. The molecule has 0 spiro atoms. The average molecular weight is 388 g/mol. The van der Waals surface area contributed by atoms with Crippen LogP contribution in [0.1, 0.15) is 11.1 Å². The van der Waals surface area contributed by atoms with E-state index in [9.17, 15) is 17.7 Å². The van der Waals surface area contributed by atoms with Gasteiger partial charge in [-0.05, 0) is 24.9 Å². The Balaban J connectivity index is 0.00000338. The van der Waals surface area contributed by atoms with Gasteiger partial charge in [-0.1, -0.05) is 72.0 Å². The maximum Gasteiger partial charge on any atom is 1.00 e. The first-order valence-electron chi connectivity index (χ1n) is 8.17. The minimum atomic E-state index is -5.07. The molecule has 2 aromatic carbocycles. The zero-order valence-corrected chi connectivity index (χ0v) is 17.9. The fourth-order valence-electron chi connectivity index (χ4n) is 2.58. The molecule has 3 N–H and O–H groups in total. The van der Waals surface area contributed by atoms with Crippen LogP contribution in [0.3, 0.4) is 0 Å². The molecule has 0 aliphatic carbocycles. The molecule has 8 heteroatoms. The number of carbonyl (C=O) groups excluding carboxylic acids is 1. The Morgan fingerprint density at radius 1 is 0.923 bits per heavy atom. The smallest absolute Gasteiger partial charge is 0.449 e. The molecule has 26 heavy (non-hydrogen) atoms. The van der Waals surface area contributed by atoms with Crippen molar-refractivity contribution in [1.82, 2.24) is 5.32 Å². The van der Waals surface area contributed by atoms with E-state index in [-0.39, 0.29) is 64.2 Å². The Morgan fingerprint density at radius 2 is 1.38 bits per heavy atom. The normalized spacial score (nSPS) is 13.4. The van der Waals surface area contributed by atoms with Crippen molar-refractivity contribution in [3.05, 3.63) is 71.8 Å². The molecule has 3 nitrogen and oxygen atoms in total. The zero-order valence-electron chi connectivity index (χ0n) is 14.7. The minimum absolute atomic E-state index is 0. The molecule has 2 atom stereocenters. The number of amides is 1. The van der Waals surface area contributed by atoms with E-state index in [1.807, 2.05) is 30.3 Å². The number of benzene rings is 2. The van der Waals surface area contributed by atoms with Crippen LogP contribution in [0.15, 0.2) is 60.7 Å². The summed E-state index contributed by atoms with van der Waals surface area (Å²) >= 11 is 0. The summed E-state index contributed by atoms with van der Waals surface area (Å²) in [6.07, 6.45) is 0.131. The van der Waals surface area contributed by atoms with Gasteiger partial charge in [-0.15, -0.1) is 0 Å². The topological polar surface area (TPSA) is 55.1 Å². The molecule has 1 amide bonds. The van der Waals surface area contributed by atoms with Crippen molar-refractivity contribution in [2.45, 2.75) is 24.7 Å². The SMILES string of the molecule is N[C@@H](Cc1ccccc1)C(=O)NC[C@@H](Cc1ccccc1)[B-](F)(F)F.[K+]. The molecule has 0 aromatic heterocycles. The summed E-state index contributed by atoms with van der Waals surface area (Å²) in [5.41, 5.74) is 7.27. The predicted octanol–water partition coefficient (Wildman–Crippen LogP) is 0.137. The van der Waals surface area contributed by atoms with Crippen LogP contribution in [0.4, 0.5) is 12.9 Å². The van der Waals surface area contributed by atoms with Gasteiger partial charge in [-0.25, -0.2) is 0 Å². The number of carbonyl (C=O) groups is 1. The summed E-state index contributed by atoms with van der Waals surface area (Å²) < 4.78 is 39.9. The largest absolute Gasteiger partial charge is 1.00 e. The van der Waals surface area contributed by atoms with E-state index in [4.69, 9.17) is 5.73 Å². The van der Waals surface area contributed by atoms with Crippen molar-refractivity contribution < 1.29 is 69.1 Å². The molecule has 2 rings (SSSR count). The third kappa shape index (κ3) is 7.94. The molecule has 0 saturated heterocycles. The molecule has 0 aliphatic heterocycles. The molecular weight excluding hydrogens is 367 g/mol.